The van der Waals surface area contributed by atoms with Gasteiger partial charge in [-0.1, -0.05) is 29.4 Å². The molecular formula is C17H17N3O5. The molecule has 25 heavy (non-hydrogen) atoms. The Kier molecular flexibility index (Phi) is 3.82. The van der Waals surface area contributed by atoms with Crippen molar-refractivity contribution in [2.75, 3.05) is 6.54 Å². The molecule has 1 aliphatic rings. The molecule has 1 fully saturated rings. The van der Waals surface area contributed by atoms with E-state index < -0.39 is 30.0 Å². The molecule has 0 saturated carbocycles. The van der Waals surface area contributed by atoms with Crippen LogP contribution >= 0.6 is 0 Å². The topological polar surface area (TPSA) is 113 Å². The summed E-state index contributed by atoms with van der Waals surface area (Å²) in [6.45, 7) is 4.54. The first-order valence-electron chi connectivity index (χ1n) is 7.63. The Bertz CT molecular complexity index is 851. The van der Waals surface area contributed by atoms with Crippen LogP contribution in [0.4, 0.5) is 4.79 Å². The lowest BCUT2D eigenvalue weighted by Gasteiger charge is -2.22. The summed E-state index contributed by atoms with van der Waals surface area (Å²) in [6.07, 6.45) is 0. The van der Waals surface area contributed by atoms with E-state index in [4.69, 9.17) is 9.63 Å². The van der Waals surface area contributed by atoms with Crippen LogP contribution in [0.3, 0.4) is 0 Å². The van der Waals surface area contributed by atoms with Crippen molar-refractivity contribution in [2.24, 2.45) is 0 Å². The second-order valence-electron chi connectivity index (χ2n) is 6.12. The minimum absolute atomic E-state index is 0.564. The summed E-state index contributed by atoms with van der Waals surface area (Å²) >= 11 is 0. The van der Waals surface area contributed by atoms with Crippen LogP contribution < -0.4 is 5.32 Å². The fourth-order valence-electron chi connectivity index (χ4n) is 3.04. The number of carbonyl (C=O) groups is 3. The van der Waals surface area contributed by atoms with Gasteiger partial charge < -0.3 is 14.9 Å². The summed E-state index contributed by atoms with van der Waals surface area (Å²) in [5.41, 5.74) is 1.78. The predicted molar refractivity (Wildman–Crippen MR) is 86.6 cm³/mol. The summed E-state index contributed by atoms with van der Waals surface area (Å²) < 4.78 is 5.16. The number of benzene rings is 1. The second kappa shape index (κ2) is 5.73. The lowest BCUT2D eigenvalue weighted by molar-refractivity contribution is -0.142. The van der Waals surface area contributed by atoms with Crippen molar-refractivity contribution in [2.45, 2.75) is 26.3 Å². The smallest absolute Gasteiger partial charge is 0.325 e. The third kappa shape index (κ3) is 2.65. The molecule has 2 heterocycles. The summed E-state index contributed by atoms with van der Waals surface area (Å²) in [5, 5.41) is 15.3. The van der Waals surface area contributed by atoms with E-state index in [0.717, 1.165) is 16.8 Å². The SMILES string of the molecule is Cc1noc(C)c1-c1ccc(C2(C)NC(=O)N(CC(=O)O)C2=O)cc1. The molecule has 1 unspecified atom stereocenters. The first-order valence-corrected chi connectivity index (χ1v) is 7.63. The number of aryl methyl sites for hydroxylation is 2. The van der Waals surface area contributed by atoms with Gasteiger partial charge in [0, 0.05) is 5.56 Å². The number of rotatable bonds is 4. The molecule has 1 aromatic carbocycles. The molecule has 8 heteroatoms. The lowest BCUT2D eigenvalue weighted by atomic mass is 9.90. The van der Waals surface area contributed by atoms with Gasteiger partial charge in [0.1, 0.15) is 17.8 Å². The van der Waals surface area contributed by atoms with Crippen LogP contribution in [0.25, 0.3) is 11.1 Å². The van der Waals surface area contributed by atoms with Crippen LogP contribution in [-0.2, 0) is 15.1 Å². The van der Waals surface area contributed by atoms with E-state index in [1.807, 2.05) is 26.0 Å². The average Bonchev–Trinajstić information content (AvgIpc) is 3.00. The Balaban J connectivity index is 1.93. The normalized spacial score (nSPS) is 20.0. The average molecular weight is 343 g/mol. The molecule has 1 atom stereocenters. The number of aromatic nitrogens is 1. The van der Waals surface area contributed by atoms with E-state index in [0.29, 0.717) is 16.2 Å². The third-order valence-electron chi connectivity index (χ3n) is 4.35. The van der Waals surface area contributed by atoms with Gasteiger partial charge in [-0.15, -0.1) is 0 Å². The number of hydrogen-bond donors (Lipinski definition) is 2. The van der Waals surface area contributed by atoms with Crippen LogP contribution in [-0.4, -0.2) is 39.6 Å². The van der Waals surface area contributed by atoms with E-state index in [2.05, 4.69) is 10.5 Å². The zero-order chi connectivity index (χ0) is 18.4. The number of carbonyl (C=O) groups excluding carboxylic acids is 2. The highest BCUT2D eigenvalue weighted by Gasteiger charge is 2.49. The Labute approximate surface area is 143 Å². The van der Waals surface area contributed by atoms with E-state index >= 15 is 0 Å². The van der Waals surface area contributed by atoms with Gasteiger partial charge in [0.25, 0.3) is 5.91 Å². The highest BCUT2D eigenvalue weighted by atomic mass is 16.5. The molecule has 0 radical (unpaired) electrons. The Morgan fingerprint density at radius 3 is 2.44 bits per heavy atom. The Hall–Kier alpha value is -3.16. The fraction of sp³-hybridized carbons (Fsp3) is 0.294. The zero-order valence-electron chi connectivity index (χ0n) is 14.0. The molecule has 1 saturated heterocycles. The van der Waals surface area contributed by atoms with Gasteiger partial charge in [0.15, 0.2) is 0 Å². The number of amides is 3. The summed E-state index contributed by atoms with van der Waals surface area (Å²) in [7, 11) is 0. The number of imide groups is 1. The highest BCUT2D eigenvalue weighted by Crippen LogP contribution is 2.32. The molecule has 0 aliphatic carbocycles. The van der Waals surface area contributed by atoms with Gasteiger partial charge in [-0.05, 0) is 31.9 Å². The highest BCUT2D eigenvalue weighted by molar-refractivity contribution is 6.08. The van der Waals surface area contributed by atoms with E-state index in [9.17, 15) is 14.4 Å². The van der Waals surface area contributed by atoms with Gasteiger partial charge in [0.2, 0.25) is 0 Å². The molecular weight excluding hydrogens is 326 g/mol. The van der Waals surface area contributed by atoms with Crippen LogP contribution in [0.5, 0.6) is 0 Å². The zero-order valence-corrected chi connectivity index (χ0v) is 14.0. The molecule has 8 nitrogen and oxygen atoms in total. The van der Waals surface area contributed by atoms with Gasteiger partial charge in [0.05, 0.1) is 5.69 Å². The number of nitrogens with one attached hydrogen (secondary N) is 1. The molecule has 3 amide bonds. The molecule has 2 N–H and O–H groups in total. The lowest BCUT2D eigenvalue weighted by Crippen LogP contribution is -2.41. The summed E-state index contributed by atoms with van der Waals surface area (Å²) in [6, 6.07) is 6.36. The maximum absolute atomic E-state index is 12.5. The molecule has 130 valence electrons. The quantitative estimate of drug-likeness (QED) is 0.819. The molecule has 0 spiro atoms. The van der Waals surface area contributed by atoms with Gasteiger partial charge in [-0.2, -0.15) is 0 Å². The molecule has 0 bridgehead atoms. The maximum atomic E-state index is 12.5. The number of hydrogen-bond acceptors (Lipinski definition) is 5. The van der Waals surface area contributed by atoms with Gasteiger partial charge >= 0.3 is 12.0 Å². The Morgan fingerprint density at radius 2 is 1.92 bits per heavy atom. The predicted octanol–water partition coefficient (Wildman–Crippen LogP) is 1.81. The van der Waals surface area contributed by atoms with Crippen LogP contribution in [0.15, 0.2) is 28.8 Å². The summed E-state index contributed by atoms with van der Waals surface area (Å²) in [5.74, 6) is -1.15. The maximum Gasteiger partial charge on any atom is 0.325 e. The van der Waals surface area contributed by atoms with Gasteiger partial charge in [-0.3, -0.25) is 14.5 Å². The van der Waals surface area contributed by atoms with Crippen molar-refractivity contribution >= 4 is 17.9 Å². The Morgan fingerprint density at radius 1 is 1.28 bits per heavy atom. The largest absolute Gasteiger partial charge is 0.480 e. The monoisotopic (exact) mass is 343 g/mol. The minimum atomic E-state index is -1.30. The number of carboxylic acid groups (broad SMARTS) is 1. The van der Waals surface area contributed by atoms with Crippen molar-refractivity contribution < 1.29 is 24.0 Å². The van der Waals surface area contributed by atoms with Crippen molar-refractivity contribution in [3.8, 4) is 11.1 Å². The van der Waals surface area contributed by atoms with E-state index in [1.165, 1.54) is 0 Å². The molecule has 1 aliphatic heterocycles. The minimum Gasteiger partial charge on any atom is -0.480 e. The fourth-order valence-corrected chi connectivity index (χ4v) is 3.04. The first kappa shape index (κ1) is 16.7. The molecule has 2 aromatic rings. The van der Waals surface area contributed by atoms with Crippen molar-refractivity contribution in [1.29, 1.82) is 0 Å². The molecule has 1 aromatic heterocycles. The summed E-state index contributed by atoms with van der Waals surface area (Å²) in [4.78, 5) is 36.1. The van der Waals surface area contributed by atoms with Crippen molar-refractivity contribution in [3.05, 3.63) is 41.3 Å². The van der Waals surface area contributed by atoms with Crippen molar-refractivity contribution in [3.63, 3.8) is 0 Å². The second-order valence-corrected chi connectivity index (χ2v) is 6.12. The van der Waals surface area contributed by atoms with E-state index in [-0.39, 0.29) is 0 Å². The van der Waals surface area contributed by atoms with Crippen LogP contribution in [0.1, 0.15) is 23.9 Å². The van der Waals surface area contributed by atoms with Gasteiger partial charge in [-0.25, -0.2) is 4.79 Å². The number of nitrogens with zero attached hydrogens (tertiary/aromatic N) is 2. The first-order chi connectivity index (χ1) is 11.7. The van der Waals surface area contributed by atoms with Crippen LogP contribution in [0, 0.1) is 13.8 Å². The third-order valence-corrected chi connectivity index (χ3v) is 4.35. The van der Waals surface area contributed by atoms with Crippen molar-refractivity contribution in [1.82, 2.24) is 15.4 Å². The van der Waals surface area contributed by atoms with Crippen LogP contribution in [0.2, 0.25) is 0 Å². The standard InChI is InChI=1S/C17H17N3O5/c1-9-14(10(2)25-19-9)11-4-6-12(7-5-11)17(3)15(23)20(8-13(21)22)16(24)18-17/h4-7H,8H2,1-3H3,(H,18,24)(H,21,22). The van der Waals surface area contributed by atoms with E-state index in [1.54, 1.807) is 19.1 Å². The molecule has 3 rings (SSSR count). The number of carboxylic acids is 1. The number of urea groups is 1. The number of aliphatic carboxylic acids is 1.